The van der Waals surface area contributed by atoms with E-state index in [0.29, 0.717) is 12.8 Å². The summed E-state index contributed by atoms with van der Waals surface area (Å²) in [5.74, 6) is -0.279. The fourth-order valence-electron chi connectivity index (χ4n) is 1.47. The van der Waals surface area contributed by atoms with Crippen molar-refractivity contribution < 1.29 is 24.2 Å². The van der Waals surface area contributed by atoms with Gasteiger partial charge in [-0.25, -0.2) is 9.59 Å². The molecule has 1 amide bonds. The first-order valence-corrected chi connectivity index (χ1v) is 6.92. The summed E-state index contributed by atoms with van der Waals surface area (Å²) in [4.78, 5) is 23.6. The van der Waals surface area contributed by atoms with Gasteiger partial charge in [0.1, 0.15) is 11.6 Å². The van der Waals surface area contributed by atoms with E-state index >= 15 is 0 Å². The summed E-state index contributed by atoms with van der Waals surface area (Å²) in [5.41, 5.74) is -0.618. The molecule has 0 aromatic rings. The van der Waals surface area contributed by atoms with Crippen LogP contribution in [0.4, 0.5) is 4.79 Å². The number of aliphatic hydroxyl groups excluding tert-OH is 1. The fourth-order valence-corrected chi connectivity index (χ4v) is 1.47. The average molecular weight is 289 g/mol. The number of carbonyl (C=O) groups is 2. The second kappa shape index (κ2) is 8.79. The van der Waals surface area contributed by atoms with Gasteiger partial charge >= 0.3 is 12.1 Å². The zero-order chi connectivity index (χ0) is 15.8. The van der Waals surface area contributed by atoms with E-state index in [0.717, 1.165) is 0 Å². The Hall–Kier alpha value is -1.30. The summed E-state index contributed by atoms with van der Waals surface area (Å²) >= 11 is 0. The van der Waals surface area contributed by atoms with Gasteiger partial charge in [0.2, 0.25) is 0 Å². The fraction of sp³-hybridized carbons (Fsp3) is 0.857. The molecule has 1 atom stereocenters. The summed E-state index contributed by atoms with van der Waals surface area (Å²) in [6, 6.07) is -0.733. The van der Waals surface area contributed by atoms with Gasteiger partial charge in [0.15, 0.2) is 0 Å². The lowest BCUT2D eigenvalue weighted by atomic mass is 10.0. The van der Waals surface area contributed by atoms with E-state index in [1.165, 1.54) is 0 Å². The number of rotatable bonds is 7. The second-order valence-corrected chi connectivity index (χ2v) is 6.07. The number of nitrogens with one attached hydrogen (secondary N) is 1. The SMILES string of the molecule is CC(C)C[C@H](NC(=O)OC(C)(C)C)C(=O)OCCCO. The molecule has 118 valence electrons. The lowest BCUT2D eigenvalue weighted by Gasteiger charge is -2.23. The first-order chi connectivity index (χ1) is 9.15. The molecule has 2 N–H and O–H groups in total. The van der Waals surface area contributed by atoms with Crippen molar-refractivity contribution in [3.63, 3.8) is 0 Å². The Labute approximate surface area is 120 Å². The minimum absolute atomic E-state index is 0.0401. The van der Waals surface area contributed by atoms with Crippen molar-refractivity contribution >= 4 is 12.1 Å². The van der Waals surface area contributed by atoms with Gasteiger partial charge < -0.3 is 19.9 Å². The quantitative estimate of drug-likeness (QED) is 0.552. The Kier molecular flexibility index (Phi) is 8.22. The minimum Gasteiger partial charge on any atom is -0.464 e. The molecule has 0 radical (unpaired) electrons. The molecule has 0 aliphatic heterocycles. The molecule has 0 bridgehead atoms. The summed E-state index contributed by atoms with van der Waals surface area (Å²) in [5, 5.41) is 11.2. The van der Waals surface area contributed by atoms with E-state index in [9.17, 15) is 9.59 Å². The molecule has 6 nitrogen and oxygen atoms in total. The van der Waals surface area contributed by atoms with Crippen LogP contribution in [-0.2, 0) is 14.3 Å². The van der Waals surface area contributed by atoms with Crippen LogP contribution in [0.15, 0.2) is 0 Å². The predicted molar refractivity (Wildman–Crippen MR) is 75.3 cm³/mol. The highest BCUT2D eigenvalue weighted by atomic mass is 16.6. The van der Waals surface area contributed by atoms with Crippen molar-refractivity contribution in [2.45, 2.75) is 59.1 Å². The maximum atomic E-state index is 11.9. The van der Waals surface area contributed by atoms with Crippen LogP contribution in [0.25, 0.3) is 0 Å². The Bertz CT molecular complexity index is 309. The highest BCUT2D eigenvalue weighted by Crippen LogP contribution is 2.10. The number of aliphatic hydroxyl groups is 1. The monoisotopic (exact) mass is 289 g/mol. The Morgan fingerprint density at radius 1 is 1.25 bits per heavy atom. The van der Waals surface area contributed by atoms with Gasteiger partial charge in [0.05, 0.1) is 6.61 Å². The number of alkyl carbamates (subject to hydrolysis) is 1. The summed E-state index contributed by atoms with van der Waals surface area (Å²) < 4.78 is 10.1. The summed E-state index contributed by atoms with van der Waals surface area (Å²) in [7, 11) is 0. The second-order valence-electron chi connectivity index (χ2n) is 6.07. The standard InChI is InChI=1S/C14H27NO5/c1-10(2)9-11(12(17)19-8-6-7-16)15-13(18)20-14(3,4)5/h10-11,16H,6-9H2,1-5H3,(H,15,18)/t11-/m0/s1. The van der Waals surface area contributed by atoms with Gasteiger partial charge in [-0.2, -0.15) is 0 Å². The van der Waals surface area contributed by atoms with Crippen LogP contribution in [0.1, 0.15) is 47.5 Å². The largest absolute Gasteiger partial charge is 0.464 e. The summed E-state index contributed by atoms with van der Waals surface area (Å²) in [6.07, 6.45) is 0.214. The van der Waals surface area contributed by atoms with E-state index in [2.05, 4.69) is 5.32 Å². The van der Waals surface area contributed by atoms with Gasteiger partial charge in [-0.05, 0) is 33.1 Å². The molecule has 0 saturated carbocycles. The first kappa shape index (κ1) is 18.7. The Morgan fingerprint density at radius 3 is 2.30 bits per heavy atom. The van der Waals surface area contributed by atoms with E-state index in [1.807, 2.05) is 13.8 Å². The number of hydrogen-bond acceptors (Lipinski definition) is 5. The lowest BCUT2D eigenvalue weighted by molar-refractivity contribution is -0.146. The van der Waals surface area contributed by atoms with Crippen molar-refractivity contribution in [2.75, 3.05) is 13.2 Å². The van der Waals surface area contributed by atoms with Crippen molar-refractivity contribution in [2.24, 2.45) is 5.92 Å². The van der Waals surface area contributed by atoms with Crippen molar-refractivity contribution in [3.8, 4) is 0 Å². The average Bonchev–Trinajstić information content (AvgIpc) is 2.25. The van der Waals surface area contributed by atoms with Gasteiger partial charge in [-0.3, -0.25) is 0 Å². The molecule has 0 heterocycles. The molecular weight excluding hydrogens is 262 g/mol. The van der Waals surface area contributed by atoms with Crippen LogP contribution < -0.4 is 5.32 Å². The molecule has 0 aromatic carbocycles. The molecule has 0 saturated heterocycles. The van der Waals surface area contributed by atoms with E-state index < -0.39 is 23.7 Å². The number of ether oxygens (including phenoxy) is 2. The number of hydrogen-bond donors (Lipinski definition) is 2. The molecule has 0 aliphatic carbocycles. The van der Waals surface area contributed by atoms with Crippen LogP contribution >= 0.6 is 0 Å². The van der Waals surface area contributed by atoms with E-state index in [4.69, 9.17) is 14.6 Å². The Morgan fingerprint density at radius 2 is 1.85 bits per heavy atom. The number of carbonyl (C=O) groups excluding carboxylic acids is 2. The Balaban J connectivity index is 4.47. The minimum atomic E-state index is -0.733. The van der Waals surface area contributed by atoms with E-state index in [-0.39, 0.29) is 19.1 Å². The van der Waals surface area contributed by atoms with Crippen molar-refractivity contribution in [1.82, 2.24) is 5.32 Å². The zero-order valence-corrected chi connectivity index (χ0v) is 13.1. The van der Waals surface area contributed by atoms with Gasteiger partial charge in [-0.15, -0.1) is 0 Å². The first-order valence-electron chi connectivity index (χ1n) is 6.92. The molecule has 0 fully saturated rings. The molecule has 0 unspecified atom stereocenters. The van der Waals surface area contributed by atoms with Crippen LogP contribution in [0, 0.1) is 5.92 Å². The third-order valence-corrected chi connectivity index (χ3v) is 2.23. The number of esters is 1. The molecule has 0 aliphatic rings. The van der Waals surface area contributed by atoms with Crippen molar-refractivity contribution in [1.29, 1.82) is 0 Å². The molecule has 0 aromatic heterocycles. The summed E-state index contributed by atoms with van der Waals surface area (Å²) in [6.45, 7) is 9.26. The van der Waals surface area contributed by atoms with Gasteiger partial charge in [-0.1, -0.05) is 13.8 Å². The van der Waals surface area contributed by atoms with Crippen LogP contribution in [-0.4, -0.2) is 42.0 Å². The van der Waals surface area contributed by atoms with Gasteiger partial charge in [0, 0.05) is 13.0 Å². The maximum Gasteiger partial charge on any atom is 0.408 e. The normalized spacial score (nSPS) is 12.9. The smallest absolute Gasteiger partial charge is 0.408 e. The third kappa shape index (κ3) is 9.61. The molecule has 6 heteroatoms. The van der Waals surface area contributed by atoms with Crippen LogP contribution in [0.2, 0.25) is 0 Å². The lowest BCUT2D eigenvalue weighted by Crippen LogP contribution is -2.45. The topological polar surface area (TPSA) is 84.9 Å². The molecule has 0 spiro atoms. The van der Waals surface area contributed by atoms with Crippen LogP contribution in [0.3, 0.4) is 0 Å². The van der Waals surface area contributed by atoms with Crippen LogP contribution in [0.5, 0.6) is 0 Å². The highest BCUT2D eigenvalue weighted by molar-refractivity contribution is 5.81. The third-order valence-electron chi connectivity index (χ3n) is 2.23. The molecule has 20 heavy (non-hydrogen) atoms. The highest BCUT2D eigenvalue weighted by Gasteiger charge is 2.26. The van der Waals surface area contributed by atoms with Crippen molar-refractivity contribution in [3.05, 3.63) is 0 Å². The molecular formula is C14H27NO5. The maximum absolute atomic E-state index is 11.9. The van der Waals surface area contributed by atoms with E-state index in [1.54, 1.807) is 20.8 Å². The molecule has 0 rings (SSSR count). The number of amides is 1. The zero-order valence-electron chi connectivity index (χ0n) is 13.1. The van der Waals surface area contributed by atoms with Gasteiger partial charge in [0.25, 0.3) is 0 Å². The predicted octanol–water partition coefficient (Wildman–Crippen LogP) is 1.85.